The molecule has 0 spiro atoms. The summed E-state index contributed by atoms with van der Waals surface area (Å²) in [6.45, 7) is -1.56. The highest BCUT2D eigenvalue weighted by molar-refractivity contribution is 6.31. The van der Waals surface area contributed by atoms with Crippen LogP contribution in [0.1, 0.15) is 17.5 Å². The molecule has 0 fully saturated rings. The number of carbonyl (C=O) groups is 2. The highest BCUT2D eigenvalue weighted by atomic mass is 35.5. The van der Waals surface area contributed by atoms with E-state index in [1.807, 2.05) is 0 Å². The van der Waals surface area contributed by atoms with E-state index in [1.165, 1.54) is 26.8 Å². The van der Waals surface area contributed by atoms with Crippen molar-refractivity contribution in [1.82, 2.24) is 9.55 Å². The maximum absolute atomic E-state index is 13.8. The average Bonchev–Trinajstić information content (AvgIpc) is 3.26. The monoisotopic (exact) mass is 534 g/mol. The SMILES string of the molecule is O=C(CO)N1CN(C(=O)CCO)c2cc(Cn3cnc(OCc4ccc(F)cc4F)c(Cl)c3=O)ccc21. The first-order valence-corrected chi connectivity index (χ1v) is 11.4. The molecule has 0 unspecified atom stereocenters. The van der Waals surface area contributed by atoms with Gasteiger partial charge in [-0.05, 0) is 29.8 Å². The lowest BCUT2D eigenvalue weighted by Gasteiger charge is -2.18. The molecule has 37 heavy (non-hydrogen) atoms. The first-order valence-electron chi connectivity index (χ1n) is 11.0. The maximum atomic E-state index is 13.8. The van der Waals surface area contributed by atoms with Crippen molar-refractivity contribution >= 4 is 34.8 Å². The summed E-state index contributed by atoms with van der Waals surface area (Å²) in [5.41, 5.74) is 0.758. The van der Waals surface area contributed by atoms with Crippen molar-refractivity contribution in [3.05, 3.63) is 80.9 Å². The molecule has 2 aromatic carbocycles. The third-order valence-electron chi connectivity index (χ3n) is 5.65. The summed E-state index contributed by atoms with van der Waals surface area (Å²) in [4.78, 5) is 44.0. The van der Waals surface area contributed by atoms with Crippen LogP contribution < -0.4 is 20.1 Å². The maximum Gasteiger partial charge on any atom is 0.276 e. The summed E-state index contributed by atoms with van der Waals surface area (Å²) >= 11 is 6.14. The molecular weight excluding hydrogens is 514 g/mol. The number of halogens is 3. The summed E-state index contributed by atoms with van der Waals surface area (Å²) < 4.78 is 33.5. The van der Waals surface area contributed by atoms with Gasteiger partial charge in [0.1, 0.15) is 37.8 Å². The fraction of sp³-hybridized carbons (Fsp3) is 0.250. The molecule has 2 heterocycles. The zero-order chi connectivity index (χ0) is 26.7. The molecule has 3 aromatic rings. The first kappa shape index (κ1) is 26.2. The number of aromatic nitrogens is 2. The second kappa shape index (κ2) is 11.0. The molecule has 0 saturated heterocycles. The lowest BCUT2D eigenvalue weighted by molar-refractivity contribution is -0.121. The third kappa shape index (κ3) is 5.45. The Bertz CT molecular complexity index is 1420. The zero-order valence-corrected chi connectivity index (χ0v) is 20.0. The highest BCUT2D eigenvalue weighted by Gasteiger charge is 2.33. The van der Waals surface area contributed by atoms with E-state index in [-0.39, 0.29) is 49.3 Å². The number of benzene rings is 2. The van der Waals surface area contributed by atoms with Crippen molar-refractivity contribution in [2.45, 2.75) is 19.6 Å². The van der Waals surface area contributed by atoms with Gasteiger partial charge in [-0.1, -0.05) is 17.7 Å². The van der Waals surface area contributed by atoms with E-state index in [0.717, 1.165) is 6.07 Å². The minimum absolute atomic E-state index is 0.00167. The van der Waals surface area contributed by atoms with Gasteiger partial charge >= 0.3 is 0 Å². The highest BCUT2D eigenvalue weighted by Crippen LogP contribution is 2.37. The third-order valence-corrected chi connectivity index (χ3v) is 5.97. The smallest absolute Gasteiger partial charge is 0.276 e. The van der Waals surface area contributed by atoms with Gasteiger partial charge in [-0.15, -0.1) is 0 Å². The number of ether oxygens (including phenoxy) is 1. The molecule has 13 heteroatoms. The molecule has 10 nitrogen and oxygen atoms in total. The molecule has 1 aliphatic heterocycles. The van der Waals surface area contributed by atoms with E-state index in [4.69, 9.17) is 21.4 Å². The van der Waals surface area contributed by atoms with Gasteiger partial charge < -0.3 is 14.9 Å². The van der Waals surface area contributed by atoms with Gasteiger partial charge in [0.05, 0.1) is 30.9 Å². The number of hydrogen-bond acceptors (Lipinski definition) is 7. The molecule has 4 rings (SSSR count). The van der Waals surface area contributed by atoms with Crippen molar-refractivity contribution in [2.24, 2.45) is 0 Å². The molecule has 0 radical (unpaired) electrons. The lowest BCUT2D eigenvalue weighted by atomic mass is 10.1. The van der Waals surface area contributed by atoms with E-state index >= 15 is 0 Å². The minimum Gasteiger partial charge on any atom is -0.471 e. The molecule has 1 aromatic heterocycles. The van der Waals surface area contributed by atoms with Gasteiger partial charge in [-0.2, -0.15) is 0 Å². The molecular formula is C24H21ClF2N4O6. The summed E-state index contributed by atoms with van der Waals surface area (Å²) in [5, 5.41) is 18.1. The van der Waals surface area contributed by atoms with Crippen LogP contribution in [0.5, 0.6) is 5.88 Å². The number of amides is 2. The number of carbonyl (C=O) groups excluding carboxylic acids is 2. The van der Waals surface area contributed by atoms with Crippen LogP contribution in [0, 0.1) is 11.6 Å². The van der Waals surface area contributed by atoms with Gasteiger partial charge in [0, 0.05) is 11.6 Å². The quantitative estimate of drug-likeness (QED) is 0.451. The van der Waals surface area contributed by atoms with Crippen LogP contribution >= 0.6 is 11.6 Å². The number of rotatable bonds is 8. The topological polar surface area (TPSA) is 125 Å². The Balaban J connectivity index is 1.56. The molecule has 194 valence electrons. The van der Waals surface area contributed by atoms with Gasteiger partial charge in [-0.25, -0.2) is 13.8 Å². The van der Waals surface area contributed by atoms with E-state index in [9.17, 15) is 28.3 Å². The van der Waals surface area contributed by atoms with Crippen molar-refractivity contribution < 1.29 is 33.3 Å². The van der Waals surface area contributed by atoms with Crippen molar-refractivity contribution in [1.29, 1.82) is 0 Å². The van der Waals surface area contributed by atoms with Crippen LogP contribution in [0.4, 0.5) is 20.2 Å². The summed E-state index contributed by atoms with van der Waals surface area (Å²) in [6, 6.07) is 7.81. The van der Waals surface area contributed by atoms with Crippen LogP contribution in [0.15, 0.2) is 47.5 Å². The molecule has 0 atom stereocenters. The van der Waals surface area contributed by atoms with Crippen molar-refractivity contribution in [2.75, 3.05) is 29.7 Å². The number of hydrogen-bond donors (Lipinski definition) is 2. The normalized spacial score (nSPS) is 12.6. The van der Waals surface area contributed by atoms with Crippen molar-refractivity contribution in [3.8, 4) is 5.88 Å². The first-order chi connectivity index (χ1) is 17.7. The second-order valence-electron chi connectivity index (χ2n) is 8.06. The Kier molecular flexibility index (Phi) is 7.81. The average molecular weight is 535 g/mol. The van der Waals surface area contributed by atoms with Crippen molar-refractivity contribution in [3.63, 3.8) is 0 Å². The summed E-state index contributed by atoms with van der Waals surface area (Å²) in [6.07, 6.45) is 1.03. The number of aliphatic hydroxyl groups is 2. The number of fused-ring (bicyclic) bond motifs is 1. The van der Waals surface area contributed by atoms with Crippen LogP contribution in [0.2, 0.25) is 5.02 Å². The van der Waals surface area contributed by atoms with Crippen LogP contribution in [0.3, 0.4) is 0 Å². The second-order valence-corrected chi connectivity index (χ2v) is 8.44. The fourth-order valence-corrected chi connectivity index (χ4v) is 4.00. The molecule has 1 aliphatic rings. The molecule has 2 N–H and O–H groups in total. The van der Waals surface area contributed by atoms with Gasteiger partial charge in [-0.3, -0.25) is 28.8 Å². The largest absolute Gasteiger partial charge is 0.471 e. The predicted octanol–water partition coefficient (Wildman–Crippen LogP) is 1.81. The standard InChI is InChI=1S/C24H21ClF2N4O6/c25-22-23(37-11-15-2-3-16(26)8-17(15)27)28-12-29(24(22)36)9-14-1-4-18-19(7-14)31(20(34)5-6-32)13-30(18)21(35)10-33/h1-4,7-8,12,32-33H,5-6,9-11,13H2. The Hall–Kier alpha value is -3.87. The molecule has 2 amide bonds. The predicted molar refractivity (Wildman–Crippen MR) is 128 cm³/mol. The number of aliphatic hydroxyl groups excluding tert-OH is 2. The van der Waals surface area contributed by atoms with E-state index in [2.05, 4.69) is 4.98 Å². The fourth-order valence-electron chi connectivity index (χ4n) is 3.79. The van der Waals surface area contributed by atoms with E-state index in [1.54, 1.807) is 18.2 Å². The minimum atomic E-state index is -0.813. The molecule has 0 aliphatic carbocycles. The van der Waals surface area contributed by atoms with Gasteiger partial charge in [0.2, 0.25) is 11.8 Å². The van der Waals surface area contributed by atoms with E-state index in [0.29, 0.717) is 23.0 Å². The van der Waals surface area contributed by atoms with Gasteiger partial charge in [0.25, 0.3) is 11.5 Å². The van der Waals surface area contributed by atoms with Gasteiger partial charge in [0.15, 0.2) is 5.02 Å². The lowest BCUT2D eigenvalue weighted by Crippen LogP contribution is -2.39. The molecule has 0 saturated carbocycles. The Morgan fingerprint density at radius 2 is 1.81 bits per heavy atom. The van der Waals surface area contributed by atoms with Crippen LogP contribution in [-0.2, 0) is 22.7 Å². The summed E-state index contributed by atoms with van der Waals surface area (Å²) in [7, 11) is 0. The number of nitrogens with zero attached hydrogens (tertiary/aromatic N) is 4. The van der Waals surface area contributed by atoms with Crippen LogP contribution in [0.25, 0.3) is 0 Å². The Morgan fingerprint density at radius 3 is 2.51 bits per heavy atom. The number of anilines is 2. The Morgan fingerprint density at radius 1 is 1.05 bits per heavy atom. The molecule has 0 bridgehead atoms. The Labute approximate surface area is 213 Å². The summed E-state index contributed by atoms with van der Waals surface area (Å²) in [5.74, 6) is -2.79. The van der Waals surface area contributed by atoms with E-state index < -0.39 is 35.6 Å². The zero-order valence-electron chi connectivity index (χ0n) is 19.2. The van der Waals surface area contributed by atoms with Crippen LogP contribution in [-0.4, -0.2) is 51.5 Å².